The minimum Gasteiger partial charge on any atom is -0.457 e. The molecule has 3 nitrogen and oxygen atoms in total. The van der Waals surface area contributed by atoms with E-state index in [9.17, 15) is 4.79 Å². The third-order valence-corrected chi connectivity index (χ3v) is 2.22. The van der Waals surface area contributed by atoms with E-state index in [2.05, 4.69) is 12.6 Å². The minimum absolute atomic E-state index is 0.240. The Balaban J connectivity index is 2.52. The van der Waals surface area contributed by atoms with E-state index in [0.29, 0.717) is 18.8 Å². The molecular formula is C12H16O3S. The highest BCUT2D eigenvalue weighted by Gasteiger charge is 2.11. The van der Waals surface area contributed by atoms with E-state index in [1.54, 1.807) is 25.1 Å². The van der Waals surface area contributed by atoms with Crippen molar-refractivity contribution < 1.29 is 14.3 Å². The number of ether oxygens (including phenoxy) is 2. The molecule has 0 radical (unpaired) electrons. The Kier molecular flexibility index (Phi) is 5.35. The zero-order valence-electron chi connectivity index (χ0n) is 9.47. The Hall–Kier alpha value is -1.00. The van der Waals surface area contributed by atoms with Crippen molar-refractivity contribution in [1.82, 2.24) is 0 Å². The Labute approximate surface area is 101 Å². The molecule has 0 amide bonds. The highest BCUT2D eigenvalue weighted by molar-refractivity contribution is 7.80. The summed E-state index contributed by atoms with van der Waals surface area (Å²) in [6.07, 6.45) is -0.240. The lowest BCUT2D eigenvalue weighted by molar-refractivity contribution is 0.00437. The predicted molar refractivity (Wildman–Crippen MR) is 65.1 cm³/mol. The fourth-order valence-electron chi connectivity index (χ4n) is 1.20. The van der Waals surface area contributed by atoms with Crippen LogP contribution < -0.4 is 0 Å². The standard InChI is InChI=1S/C12H16O3S/c1-3-14-8-9(2)15-12(13)10-5-4-6-11(16)7-10/h4-7,9,16H,3,8H2,1-2H3. The summed E-state index contributed by atoms with van der Waals surface area (Å²) >= 11 is 4.16. The van der Waals surface area contributed by atoms with Gasteiger partial charge in [0.25, 0.3) is 0 Å². The highest BCUT2D eigenvalue weighted by Crippen LogP contribution is 2.10. The number of hydrogen-bond donors (Lipinski definition) is 1. The summed E-state index contributed by atoms with van der Waals surface area (Å²) in [4.78, 5) is 12.4. The van der Waals surface area contributed by atoms with Crippen LogP contribution in [0, 0.1) is 0 Å². The molecule has 1 rings (SSSR count). The lowest BCUT2D eigenvalue weighted by Crippen LogP contribution is -2.20. The molecule has 0 saturated heterocycles. The van der Waals surface area contributed by atoms with Crippen LogP contribution in [0.15, 0.2) is 29.2 Å². The van der Waals surface area contributed by atoms with Crippen LogP contribution in [0.25, 0.3) is 0 Å². The molecule has 4 heteroatoms. The lowest BCUT2D eigenvalue weighted by atomic mass is 10.2. The van der Waals surface area contributed by atoms with Crippen LogP contribution in [-0.4, -0.2) is 25.3 Å². The molecule has 0 aliphatic carbocycles. The highest BCUT2D eigenvalue weighted by atomic mass is 32.1. The fourth-order valence-corrected chi connectivity index (χ4v) is 1.43. The minimum atomic E-state index is -0.344. The molecule has 1 unspecified atom stereocenters. The van der Waals surface area contributed by atoms with Crippen molar-refractivity contribution in [3.05, 3.63) is 29.8 Å². The Bertz CT molecular complexity index is 352. The number of carbonyl (C=O) groups excluding carboxylic acids is 1. The number of benzene rings is 1. The van der Waals surface area contributed by atoms with Gasteiger partial charge < -0.3 is 9.47 Å². The first kappa shape index (κ1) is 13.1. The first-order chi connectivity index (χ1) is 7.63. The van der Waals surface area contributed by atoms with Crippen molar-refractivity contribution in [1.29, 1.82) is 0 Å². The maximum atomic E-state index is 11.7. The van der Waals surface area contributed by atoms with Crippen molar-refractivity contribution in [2.45, 2.75) is 24.8 Å². The average Bonchev–Trinajstić information content (AvgIpc) is 2.26. The quantitative estimate of drug-likeness (QED) is 0.634. The lowest BCUT2D eigenvalue weighted by Gasteiger charge is -2.12. The van der Waals surface area contributed by atoms with Gasteiger partial charge in [-0.3, -0.25) is 0 Å². The smallest absolute Gasteiger partial charge is 0.338 e. The molecule has 0 aliphatic rings. The zero-order valence-corrected chi connectivity index (χ0v) is 10.4. The Morgan fingerprint density at radius 3 is 2.88 bits per heavy atom. The molecule has 0 aromatic heterocycles. The molecule has 0 saturated carbocycles. The molecule has 0 aliphatic heterocycles. The summed E-state index contributed by atoms with van der Waals surface area (Å²) in [6.45, 7) is 4.74. The van der Waals surface area contributed by atoms with Gasteiger partial charge >= 0.3 is 5.97 Å². The van der Waals surface area contributed by atoms with E-state index in [4.69, 9.17) is 9.47 Å². The summed E-state index contributed by atoms with van der Waals surface area (Å²) < 4.78 is 10.4. The first-order valence-electron chi connectivity index (χ1n) is 5.21. The number of thiol groups is 1. The third kappa shape index (κ3) is 4.24. The van der Waals surface area contributed by atoms with Crippen LogP contribution in [0.2, 0.25) is 0 Å². The second-order valence-corrected chi connectivity index (χ2v) is 3.94. The molecule has 0 fully saturated rings. The molecule has 0 N–H and O–H groups in total. The van der Waals surface area contributed by atoms with Crippen LogP contribution in [0.1, 0.15) is 24.2 Å². The summed E-state index contributed by atoms with van der Waals surface area (Å²) in [5.41, 5.74) is 0.510. The Morgan fingerprint density at radius 1 is 1.50 bits per heavy atom. The molecule has 1 atom stereocenters. The van der Waals surface area contributed by atoms with Gasteiger partial charge in [0.05, 0.1) is 12.2 Å². The molecule has 1 aromatic rings. The third-order valence-electron chi connectivity index (χ3n) is 1.95. The van der Waals surface area contributed by atoms with Crippen molar-refractivity contribution in [2.24, 2.45) is 0 Å². The van der Waals surface area contributed by atoms with Gasteiger partial charge in [0, 0.05) is 11.5 Å². The van der Waals surface area contributed by atoms with Crippen LogP contribution in [0.4, 0.5) is 0 Å². The summed E-state index contributed by atoms with van der Waals surface area (Å²) in [5.74, 6) is -0.344. The van der Waals surface area contributed by atoms with Crippen molar-refractivity contribution in [3.8, 4) is 0 Å². The van der Waals surface area contributed by atoms with Crippen molar-refractivity contribution >= 4 is 18.6 Å². The average molecular weight is 240 g/mol. The molecule has 0 spiro atoms. The first-order valence-corrected chi connectivity index (χ1v) is 5.66. The van der Waals surface area contributed by atoms with Crippen LogP contribution in [-0.2, 0) is 9.47 Å². The second kappa shape index (κ2) is 6.55. The molecule has 0 bridgehead atoms. The van der Waals surface area contributed by atoms with Crippen LogP contribution in [0.3, 0.4) is 0 Å². The van der Waals surface area contributed by atoms with Crippen LogP contribution in [0.5, 0.6) is 0 Å². The summed E-state index contributed by atoms with van der Waals surface area (Å²) in [5, 5.41) is 0. The summed E-state index contributed by atoms with van der Waals surface area (Å²) in [6, 6.07) is 6.96. The van der Waals surface area contributed by atoms with Gasteiger partial charge in [-0.1, -0.05) is 6.07 Å². The van der Waals surface area contributed by atoms with Gasteiger partial charge in [0.15, 0.2) is 0 Å². The van der Waals surface area contributed by atoms with Gasteiger partial charge in [-0.05, 0) is 32.0 Å². The van der Waals surface area contributed by atoms with Gasteiger partial charge in [0.2, 0.25) is 0 Å². The van der Waals surface area contributed by atoms with Crippen LogP contribution >= 0.6 is 12.6 Å². The number of hydrogen-bond acceptors (Lipinski definition) is 4. The predicted octanol–water partition coefficient (Wildman–Crippen LogP) is 2.56. The largest absolute Gasteiger partial charge is 0.457 e. The maximum Gasteiger partial charge on any atom is 0.338 e. The van der Waals surface area contributed by atoms with E-state index in [1.165, 1.54) is 0 Å². The van der Waals surface area contributed by atoms with E-state index in [-0.39, 0.29) is 12.1 Å². The molecular weight excluding hydrogens is 224 g/mol. The second-order valence-electron chi connectivity index (χ2n) is 3.43. The van der Waals surface area contributed by atoms with Gasteiger partial charge in [-0.2, -0.15) is 0 Å². The number of esters is 1. The molecule has 88 valence electrons. The summed E-state index contributed by atoms with van der Waals surface area (Å²) in [7, 11) is 0. The molecule has 1 aromatic carbocycles. The zero-order chi connectivity index (χ0) is 12.0. The number of rotatable bonds is 5. The van der Waals surface area contributed by atoms with Gasteiger partial charge in [0.1, 0.15) is 6.10 Å². The monoisotopic (exact) mass is 240 g/mol. The topological polar surface area (TPSA) is 35.5 Å². The molecule has 16 heavy (non-hydrogen) atoms. The van der Waals surface area contributed by atoms with E-state index in [1.807, 2.05) is 13.0 Å². The van der Waals surface area contributed by atoms with E-state index < -0.39 is 0 Å². The van der Waals surface area contributed by atoms with Gasteiger partial charge in [-0.15, -0.1) is 12.6 Å². The SMILES string of the molecule is CCOCC(C)OC(=O)c1cccc(S)c1. The maximum absolute atomic E-state index is 11.7. The normalized spacial score (nSPS) is 12.2. The fraction of sp³-hybridized carbons (Fsp3) is 0.417. The number of carbonyl (C=O) groups is 1. The Morgan fingerprint density at radius 2 is 2.25 bits per heavy atom. The van der Waals surface area contributed by atoms with E-state index >= 15 is 0 Å². The molecule has 0 heterocycles. The van der Waals surface area contributed by atoms with Gasteiger partial charge in [-0.25, -0.2) is 4.79 Å². The van der Waals surface area contributed by atoms with Crippen molar-refractivity contribution in [2.75, 3.05) is 13.2 Å². The van der Waals surface area contributed by atoms with E-state index in [0.717, 1.165) is 4.90 Å². The van der Waals surface area contributed by atoms with Crippen molar-refractivity contribution in [3.63, 3.8) is 0 Å².